The second-order valence-corrected chi connectivity index (χ2v) is 2.65. The first-order chi connectivity index (χ1) is 5.77. The van der Waals surface area contributed by atoms with Gasteiger partial charge in [0.05, 0.1) is 5.69 Å². The Morgan fingerprint density at radius 3 is 2.92 bits per heavy atom. The minimum Gasteiger partial charge on any atom is -0.302 e. The van der Waals surface area contributed by atoms with E-state index in [2.05, 4.69) is 16.2 Å². The molecule has 1 unspecified atom stereocenters. The van der Waals surface area contributed by atoms with Crippen molar-refractivity contribution in [1.29, 1.82) is 0 Å². The maximum Gasteiger partial charge on any atom is 0.111 e. The lowest BCUT2D eigenvalue weighted by Crippen LogP contribution is -2.15. The van der Waals surface area contributed by atoms with Gasteiger partial charge >= 0.3 is 0 Å². The van der Waals surface area contributed by atoms with E-state index >= 15 is 0 Å². The van der Waals surface area contributed by atoms with Crippen LogP contribution < -0.4 is 5.32 Å². The molecule has 1 rings (SSSR count). The van der Waals surface area contributed by atoms with Crippen LogP contribution in [0.2, 0.25) is 0 Å². The summed E-state index contributed by atoms with van der Waals surface area (Å²) in [5.41, 5.74) is 2.08. The van der Waals surface area contributed by atoms with Crippen molar-refractivity contribution >= 4 is 0 Å². The number of terminal acetylenes is 1. The van der Waals surface area contributed by atoms with Gasteiger partial charge < -0.3 is 5.32 Å². The second kappa shape index (κ2) is 3.89. The van der Waals surface area contributed by atoms with E-state index in [9.17, 15) is 0 Å². The highest BCUT2D eigenvalue weighted by Crippen LogP contribution is 2.09. The molecular formula is C10H12N2. The van der Waals surface area contributed by atoms with Gasteiger partial charge in [-0.2, -0.15) is 0 Å². The molecule has 1 atom stereocenters. The monoisotopic (exact) mass is 160 g/mol. The molecule has 2 nitrogen and oxygen atoms in total. The highest BCUT2D eigenvalue weighted by molar-refractivity contribution is 5.22. The van der Waals surface area contributed by atoms with Crippen LogP contribution in [0.3, 0.4) is 0 Å². The number of hydrogen-bond acceptors (Lipinski definition) is 2. The van der Waals surface area contributed by atoms with Crippen LogP contribution in [0.4, 0.5) is 0 Å². The fourth-order valence-corrected chi connectivity index (χ4v) is 1.03. The highest BCUT2D eigenvalue weighted by Gasteiger charge is 2.05. The van der Waals surface area contributed by atoms with Crippen LogP contribution in [0, 0.1) is 19.3 Å². The van der Waals surface area contributed by atoms with E-state index in [0.29, 0.717) is 0 Å². The SMILES string of the molecule is C#CC(NC)c1cc(C)ccn1. The molecule has 0 amide bonds. The van der Waals surface area contributed by atoms with Gasteiger partial charge in [-0.1, -0.05) is 5.92 Å². The maximum absolute atomic E-state index is 5.31. The molecule has 0 aliphatic carbocycles. The normalized spacial score (nSPS) is 12.1. The molecule has 0 radical (unpaired) electrons. The number of aromatic nitrogens is 1. The molecule has 12 heavy (non-hydrogen) atoms. The van der Waals surface area contributed by atoms with E-state index in [-0.39, 0.29) is 6.04 Å². The van der Waals surface area contributed by atoms with Crippen LogP contribution >= 0.6 is 0 Å². The Balaban J connectivity index is 2.95. The van der Waals surface area contributed by atoms with Gasteiger partial charge in [-0.3, -0.25) is 4.98 Å². The van der Waals surface area contributed by atoms with Crippen molar-refractivity contribution < 1.29 is 0 Å². The molecule has 1 aromatic rings. The smallest absolute Gasteiger partial charge is 0.111 e. The molecule has 0 saturated heterocycles. The summed E-state index contributed by atoms with van der Waals surface area (Å²) < 4.78 is 0. The Hall–Kier alpha value is -1.33. The van der Waals surface area contributed by atoms with E-state index in [4.69, 9.17) is 6.42 Å². The molecule has 1 aromatic heterocycles. The summed E-state index contributed by atoms with van der Waals surface area (Å²) in [4.78, 5) is 4.18. The van der Waals surface area contributed by atoms with Gasteiger partial charge in [0.1, 0.15) is 6.04 Å². The summed E-state index contributed by atoms with van der Waals surface area (Å²) >= 11 is 0. The molecule has 2 heteroatoms. The van der Waals surface area contributed by atoms with Crippen molar-refractivity contribution in [3.63, 3.8) is 0 Å². The Labute approximate surface area is 73.0 Å². The zero-order chi connectivity index (χ0) is 8.97. The molecule has 0 aliphatic heterocycles. The molecule has 0 aromatic carbocycles. The van der Waals surface area contributed by atoms with Crippen molar-refractivity contribution in [2.75, 3.05) is 7.05 Å². The van der Waals surface area contributed by atoms with Crippen LogP contribution in [0.1, 0.15) is 17.3 Å². The van der Waals surface area contributed by atoms with Crippen molar-refractivity contribution in [2.45, 2.75) is 13.0 Å². The van der Waals surface area contributed by atoms with Crippen LogP contribution in [0.5, 0.6) is 0 Å². The number of nitrogens with zero attached hydrogens (tertiary/aromatic N) is 1. The first-order valence-corrected chi connectivity index (χ1v) is 3.84. The largest absolute Gasteiger partial charge is 0.302 e. The van der Waals surface area contributed by atoms with Crippen molar-refractivity contribution in [3.8, 4) is 12.3 Å². The lowest BCUT2D eigenvalue weighted by molar-refractivity contribution is 0.712. The Morgan fingerprint density at radius 1 is 1.67 bits per heavy atom. The Bertz CT molecular complexity index is 299. The van der Waals surface area contributed by atoms with E-state index < -0.39 is 0 Å². The summed E-state index contributed by atoms with van der Waals surface area (Å²) in [7, 11) is 1.83. The van der Waals surface area contributed by atoms with Gasteiger partial charge in [0, 0.05) is 6.20 Å². The average Bonchev–Trinajstić information content (AvgIpc) is 2.07. The molecule has 0 fully saturated rings. The van der Waals surface area contributed by atoms with Gasteiger partial charge in [0.15, 0.2) is 0 Å². The zero-order valence-electron chi connectivity index (χ0n) is 7.33. The summed E-state index contributed by atoms with van der Waals surface area (Å²) in [5, 5.41) is 3.00. The molecule has 0 aliphatic rings. The minimum atomic E-state index is -0.0788. The quantitative estimate of drug-likeness (QED) is 0.659. The van der Waals surface area contributed by atoms with Crippen molar-refractivity contribution in [3.05, 3.63) is 29.6 Å². The number of rotatable bonds is 2. The van der Waals surface area contributed by atoms with E-state index in [1.165, 1.54) is 5.56 Å². The number of nitrogens with one attached hydrogen (secondary N) is 1. The average molecular weight is 160 g/mol. The van der Waals surface area contributed by atoms with E-state index in [0.717, 1.165) is 5.69 Å². The van der Waals surface area contributed by atoms with Gasteiger partial charge in [-0.05, 0) is 31.7 Å². The fraction of sp³-hybridized carbons (Fsp3) is 0.300. The lowest BCUT2D eigenvalue weighted by Gasteiger charge is -2.08. The van der Waals surface area contributed by atoms with Crippen LogP contribution in [-0.4, -0.2) is 12.0 Å². The van der Waals surface area contributed by atoms with E-state index in [1.807, 2.05) is 26.1 Å². The summed E-state index contributed by atoms with van der Waals surface area (Å²) in [6.45, 7) is 2.02. The maximum atomic E-state index is 5.31. The molecule has 0 bridgehead atoms. The van der Waals surface area contributed by atoms with Gasteiger partial charge in [0.25, 0.3) is 0 Å². The number of hydrogen-bond donors (Lipinski definition) is 1. The van der Waals surface area contributed by atoms with Crippen LogP contribution in [-0.2, 0) is 0 Å². The first kappa shape index (κ1) is 8.76. The summed E-state index contributed by atoms with van der Waals surface area (Å²) in [6.07, 6.45) is 7.08. The molecule has 0 saturated carbocycles. The number of aryl methyl sites for hydroxylation is 1. The second-order valence-electron chi connectivity index (χ2n) is 2.65. The topological polar surface area (TPSA) is 24.9 Å². The van der Waals surface area contributed by atoms with Gasteiger partial charge in [-0.15, -0.1) is 6.42 Å². The van der Waals surface area contributed by atoms with Crippen molar-refractivity contribution in [1.82, 2.24) is 10.3 Å². The summed E-state index contributed by atoms with van der Waals surface area (Å²) in [6, 6.07) is 3.86. The van der Waals surface area contributed by atoms with Gasteiger partial charge in [0.2, 0.25) is 0 Å². The molecular weight excluding hydrogens is 148 g/mol. The van der Waals surface area contributed by atoms with Crippen LogP contribution in [0.25, 0.3) is 0 Å². The molecule has 1 N–H and O–H groups in total. The fourth-order valence-electron chi connectivity index (χ4n) is 1.03. The van der Waals surface area contributed by atoms with Crippen LogP contribution in [0.15, 0.2) is 18.3 Å². The Morgan fingerprint density at radius 2 is 2.42 bits per heavy atom. The Kier molecular flexibility index (Phi) is 2.84. The third-order valence-electron chi connectivity index (χ3n) is 1.69. The molecule has 62 valence electrons. The number of pyridine rings is 1. The molecule has 1 heterocycles. The first-order valence-electron chi connectivity index (χ1n) is 3.84. The highest BCUT2D eigenvalue weighted by atomic mass is 14.9. The predicted molar refractivity (Wildman–Crippen MR) is 49.6 cm³/mol. The standard InChI is InChI=1S/C10H12N2/c1-4-9(11-3)10-7-8(2)5-6-12-10/h1,5-7,9,11H,2-3H3. The predicted octanol–water partition coefficient (Wildman–Crippen LogP) is 1.28. The summed E-state index contributed by atoms with van der Waals surface area (Å²) in [5.74, 6) is 2.62. The van der Waals surface area contributed by atoms with E-state index in [1.54, 1.807) is 6.20 Å². The molecule has 0 spiro atoms. The third kappa shape index (κ3) is 1.84. The van der Waals surface area contributed by atoms with Gasteiger partial charge in [-0.25, -0.2) is 0 Å². The third-order valence-corrected chi connectivity index (χ3v) is 1.69. The lowest BCUT2D eigenvalue weighted by atomic mass is 10.1. The minimum absolute atomic E-state index is 0.0788. The zero-order valence-corrected chi connectivity index (χ0v) is 7.33. The van der Waals surface area contributed by atoms with Crippen molar-refractivity contribution in [2.24, 2.45) is 0 Å².